The van der Waals surface area contributed by atoms with Gasteiger partial charge < -0.3 is 10.1 Å². The molecule has 0 bridgehead atoms. The van der Waals surface area contributed by atoms with Crippen molar-refractivity contribution in [1.82, 2.24) is 4.98 Å². The lowest BCUT2D eigenvalue weighted by atomic mass is 10.1. The molecule has 2 rings (SSSR count). The van der Waals surface area contributed by atoms with E-state index in [0.29, 0.717) is 5.02 Å². The van der Waals surface area contributed by atoms with Gasteiger partial charge in [-0.3, -0.25) is 0 Å². The fraction of sp³-hybridized carbons (Fsp3) is 0.462. The first-order valence-corrected chi connectivity index (χ1v) is 7.10. The summed E-state index contributed by atoms with van der Waals surface area (Å²) >= 11 is 7.83. The second-order valence-electron chi connectivity index (χ2n) is 4.76. The Morgan fingerprint density at radius 1 is 1.44 bits per heavy atom. The van der Waals surface area contributed by atoms with Crippen molar-refractivity contribution in [2.45, 2.75) is 25.9 Å². The number of rotatable bonds is 5. The summed E-state index contributed by atoms with van der Waals surface area (Å²) in [4.78, 5) is 4.36. The highest BCUT2D eigenvalue weighted by Gasteiger charge is 2.16. The van der Waals surface area contributed by atoms with Gasteiger partial charge in [-0.1, -0.05) is 11.6 Å². The summed E-state index contributed by atoms with van der Waals surface area (Å²) in [5.74, 6) is 0. The summed E-state index contributed by atoms with van der Waals surface area (Å²) in [6.45, 7) is 4.94. The molecule has 1 aromatic carbocycles. The summed E-state index contributed by atoms with van der Waals surface area (Å²) in [5.41, 5.74) is 3.57. The number of anilines is 1. The number of hydrogen-bond donors (Lipinski definition) is 1. The molecule has 0 saturated carbocycles. The number of hydrogen-bond acceptors (Lipinski definition) is 4. The van der Waals surface area contributed by atoms with Crippen LogP contribution >= 0.6 is 22.9 Å². The molecule has 0 radical (unpaired) electrons. The Labute approximate surface area is 116 Å². The predicted molar refractivity (Wildman–Crippen MR) is 78.8 cm³/mol. The average molecular weight is 285 g/mol. The van der Waals surface area contributed by atoms with Crippen LogP contribution < -0.4 is 5.32 Å². The number of benzene rings is 1. The Morgan fingerprint density at radius 2 is 2.22 bits per heavy atom. The van der Waals surface area contributed by atoms with Crippen LogP contribution in [-0.4, -0.2) is 24.2 Å². The zero-order valence-electron chi connectivity index (χ0n) is 10.8. The van der Waals surface area contributed by atoms with Crippen molar-refractivity contribution in [1.29, 1.82) is 0 Å². The van der Waals surface area contributed by atoms with Crippen molar-refractivity contribution < 1.29 is 4.74 Å². The van der Waals surface area contributed by atoms with Crippen LogP contribution in [0.2, 0.25) is 5.02 Å². The van der Waals surface area contributed by atoms with Gasteiger partial charge in [0.05, 0.1) is 26.5 Å². The SMILES string of the molecule is COC(C)(C)CCNc1c(Cl)ccc2scnc12. The number of nitrogens with zero attached hydrogens (tertiary/aromatic N) is 1. The molecule has 0 amide bonds. The normalized spacial score (nSPS) is 12.0. The lowest BCUT2D eigenvalue weighted by molar-refractivity contribution is 0.0185. The molecule has 0 fully saturated rings. The number of thiazole rings is 1. The van der Waals surface area contributed by atoms with E-state index >= 15 is 0 Å². The van der Waals surface area contributed by atoms with Gasteiger partial charge in [0.15, 0.2) is 0 Å². The first-order chi connectivity index (χ1) is 8.53. The maximum atomic E-state index is 6.21. The van der Waals surface area contributed by atoms with Gasteiger partial charge in [0.25, 0.3) is 0 Å². The first-order valence-electron chi connectivity index (χ1n) is 5.84. The van der Waals surface area contributed by atoms with Gasteiger partial charge in [-0.05, 0) is 32.4 Å². The second kappa shape index (κ2) is 5.43. The minimum Gasteiger partial charge on any atom is -0.382 e. The van der Waals surface area contributed by atoms with E-state index in [2.05, 4.69) is 24.1 Å². The molecule has 0 atom stereocenters. The minimum absolute atomic E-state index is 0.130. The smallest absolute Gasteiger partial charge is 0.106 e. The van der Waals surface area contributed by atoms with Gasteiger partial charge in [0.2, 0.25) is 0 Å². The van der Waals surface area contributed by atoms with Gasteiger partial charge in [0.1, 0.15) is 5.52 Å². The van der Waals surface area contributed by atoms with Gasteiger partial charge in [-0.2, -0.15) is 0 Å². The molecule has 0 saturated heterocycles. The van der Waals surface area contributed by atoms with Crippen LogP contribution in [-0.2, 0) is 4.74 Å². The summed E-state index contributed by atoms with van der Waals surface area (Å²) in [6.07, 6.45) is 0.903. The van der Waals surface area contributed by atoms with Gasteiger partial charge in [-0.25, -0.2) is 4.98 Å². The Kier molecular flexibility index (Phi) is 4.10. The third kappa shape index (κ3) is 2.94. The van der Waals surface area contributed by atoms with Crippen LogP contribution in [0.25, 0.3) is 10.2 Å². The molecule has 0 spiro atoms. The van der Waals surface area contributed by atoms with Crippen molar-refractivity contribution in [2.24, 2.45) is 0 Å². The molecular weight excluding hydrogens is 268 g/mol. The van der Waals surface area contributed by atoms with Crippen LogP contribution in [0.3, 0.4) is 0 Å². The van der Waals surface area contributed by atoms with E-state index in [4.69, 9.17) is 16.3 Å². The van der Waals surface area contributed by atoms with Crippen molar-refractivity contribution in [3.05, 3.63) is 22.7 Å². The standard InChI is InChI=1S/C13H17ClN2OS/c1-13(2,17-3)6-7-15-11-9(14)4-5-10-12(11)16-8-18-10/h4-5,8,15H,6-7H2,1-3H3. The largest absolute Gasteiger partial charge is 0.382 e. The molecule has 18 heavy (non-hydrogen) atoms. The van der Waals surface area contributed by atoms with Gasteiger partial charge in [-0.15, -0.1) is 11.3 Å². The molecule has 98 valence electrons. The highest BCUT2D eigenvalue weighted by molar-refractivity contribution is 7.16. The lowest BCUT2D eigenvalue weighted by Gasteiger charge is -2.23. The van der Waals surface area contributed by atoms with Gasteiger partial charge >= 0.3 is 0 Å². The van der Waals surface area contributed by atoms with Crippen LogP contribution in [0.5, 0.6) is 0 Å². The van der Waals surface area contributed by atoms with E-state index < -0.39 is 0 Å². The predicted octanol–water partition coefficient (Wildman–Crippen LogP) is 4.18. The van der Waals surface area contributed by atoms with Crippen molar-refractivity contribution in [2.75, 3.05) is 19.0 Å². The molecule has 1 aromatic heterocycles. The summed E-state index contributed by atoms with van der Waals surface area (Å²) in [6, 6.07) is 3.91. The molecule has 5 heteroatoms. The Morgan fingerprint density at radius 3 is 2.94 bits per heavy atom. The van der Waals surface area contributed by atoms with E-state index in [0.717, 1.165) is 28.9 Å². The number of fused-ring (bicyclic) bond motifs is 1. The van der Waals surface area contributed by atoms with E-state index in [9.17, 15) is 0 Å². The topological polar surface area (TPSA) is 34.1 Å². The van der Waals surface area contributed by atoms with E-state index in [1.807, 2.05) is 17.6 Å². The average Bonchev–Trinajstić information content (AvgIpc) is 2.80. The first kappa shape index (κ1) is 13.6. The molecule has 3 nitrogen and oxygen atoms in total. The highest BCUT2D eigenvalue weighted by atomic mass is 35.5. The fourth-order valence-electron chi connectivity index (χ4n) is 1.67. The number of nitrogens with one attached hydrogen (secondary N) is 1. The van der Waals surface area contributed by atoms with Crippen molar-refractivity contribution in [3.63, 3.8) is 0 Å². The van der Waals surface area contributed by atoms with Crippen LogP contribution in [0.4, 0.5) is 5.69 Å². The lowest BCUT2D eigenvalue weighted by Crippen LogP contribution is -2.25. The second-order valence-corrected chi connectivity index (χ2v) is 6.06. The van der Waals surface area contributed by atoms with Crippen molar-refractivity contribution in [3.8, 4) is 0 Å². The number of ether oxygens (including phenoxy) is 1. The summed E-state index contributed by atoms with van der Waals surface area (Å²) in [7, 11) is 1.73. The quantitative estimate of drug-likeness (QED) is 0.894. The van der Waals surface area contributed by atoms with Crippen LogP contribution in [0.15, 0.2) is 17.6 Å². The molecule has 1 heterocycles. The fourth-order valence-corrected chi connectivity index (χ4v) is 2.57. The zero-order valence-corrected chi connectivity index (χ0v) is 12.4. The molecule has 1 N–H and O–H groups in total. The summed E-state index contributed by atoms with van der Waals surface area (Å²) < 4.78 is 6.54. The van der Waals surface area contributed by atoms with E-state index in [1.54, 1.807) is 18.4 Å². The Hall–Kier alpha value is -0.840. The van der Waals surface area contributed by atoms with Gasteiger partial charge in [0, 0.05) is 13.7 Å². The van der Waals surface area contributed by atoms with Crippen LogP contribution in [0.1, 0.15) is 20.3 Å². The Bertz CT molecular complexity index is 539. The maximum Gasteiger partial charge on any atom is 0.106 e. The molecular formula is C13H17ClN2OS. The number of methoxy groups -OCH3 is 1. The maximum absolute atomic E-state index is 6.21. The third-order valence-corrected chi connectivity index (χ3v) is 4.14. The van der Waals surface area contributed by atoms with E-state index in [-0.39, 0.29) is 5.60 Å². The third-order valence-electron chi connectivity index (χ3n) is 3.03. The highest BCUT2D eigenvalue weighted by Crippen LogP contribution is 2.32. The number of aromatic nitrogens is 1. The molecule has 0 aliphatic carbocycles. The van der Waals surface area contributed by atoms with Crippen LogP contribution in [0, 0.1) is 0 Å². The van der Waals surface area contributed by atoms with E-state index in [1.165, 1.54) is 0 Å². The Balaban J connectivity index is 2.12. The molecule has 0 aliphatic rings. The monoisotopic (exact) mass is 284 g/mol. The molecule has 0 unspecified atom stereocenters. The van der Waals surface area contributed by atoms with Crippen molar-refractivity contribution >= 4 is 38.8 Å². The minimum atomic E-state index is -0.130. The molecule has 0 aliphatic heterocycles. The molecule has 2 aromatic rings. The number of halogens is 1. The zero-order chi connectivity index (χ0) is 13.2. The summed E-state index contributed by atoms with van der Waals surface area (Å²) in [5, 5.41) is 4.08.